The molecule has 136 valence electrons. The fourth-order valence-corrected chi connectivity index (χ4v) is 4.27. The third kappa shape index (κ3) is 4.47. The molecule has 1 aromatic carbocycles. The van der Waals surface area contributed by atoms with Crippen LogP contribution in [-0.2, 0) is 14.8 Å². The first-order valence-corrected chi connectivity index (χ1v) is 9.26. The molecule has 2 rings (SSSR count). The highest BCUT2D eigenvalue weighted by Crippen LogP contribution is 2.31. The highest BCUT2D eigenvalue weighted by molar-refractivity contribution is 7.89. The molecule has 1 heterocycles. The maximum atomic E-state index is 12.8. The number of rotatable bonds is 4. The molecule has 0 saturated carbocycles. The summed E-state index contributed by atoms with van der Waals surface area (Å²) in [5.41, 5.74) is 6.42. The van der Waals surface area contributed by atoms with Crippen LogP contribution in [0.25, 0.3) is 0 Å². The molecular formula is C16H26ClN3O3S. The zero-order valence-electron chi connectivity index (χ0n) is 14.3. The third-order valence-corrected chi connectivity index (χ3v) is 6.23. The summed E-state index contributed by atoms with van der Waals surface area (Å²) in [6, 6.07) is 6.29. The molecule has 0 radical (unpaired) electrons. The van der Waals surface area contributed by atoms with E-state index in [0.717, 1.165) is 0 Å². The molecule has 1 aliphatic rings. The quantitative estimate of drug-likeness (QED) is 0.843. The van der Waals surface area contributed by atoms with Crippen LogP contribution in [0.3, 0.4) is 0 Å². The summed E-state index contributed by atoms with van der Waals surface area (Å²) in [6.45, 7) is 6.58. The van der Waals surface area contributed by atoms with Gasteiger partial charge in [-0.3, -0.25) is 4.79 Å². The van der Waals surface area contributed by atoms with Crippen molar-refractivity contribution in [1.82, 2.24) is 4.31 Å². The molecule has 0 bridgehead atoms. The number of nitrogens with one attached hydrogen (secondary N) is 1. The number of carbonyl (C=O) groups excluding carboxylic acids is 1. The van der Waals surface area contributed by atoms with Gasteiger partial charge in [-0.1, -0.05) is 20.8 Å². The Balaban J connectivity index is 0.00000288. The summed E-state index contributed by atoms with van der Waals surface area (Å²) < 4.78 is 27.0. The lowest BCUT2D eigenvalue weighted by Crippen LogP contribution is -2.53. The molecule has 24 heavy (non-hydrogen) atoms. The highest BCUT2D eigenvalue weighted by atomic mass is 35.5. The lowest BCUT2D eigenvalue weighted by Gasteiger charge is -2.41. The molecule has 6 nitrogen and oxygen atoms in total. The number of amides is 1. The largest absolute Gasteiger partial charge is 0.327 e. The minimum absolute atomic E-state index is 0. The monoisotopic (exact) mass is 375 g/mol. The number of benzene rings is 1. The van der Waals surface area contributed by atoms with Crippen LogP contribution >= 0.6 is 12.4 Å². The molecule has 1 fully saturated rings. The molecule has 1 unspecified atom stereocenters. The second-order valence-corrected chi connectivity index (χ2v) is 8.59. The Hall–Kier alpha value is -1.15. The Morgan fingerprint density at radius 2 is 1.92 bits per heavy atom. The van der Waals surface area contributed by atoms with Gasteiger partial charge in [-0.25, -0.2) is 8.42 Å². The summed E-state index contributed by atoms with van der Waals surface area (Å²) in [6.07, 6.45) is 1.03. The van der Waals surface area contributed by atoms with Gasteiger partial charge in [0.1, 0.15) is 0 Å². The van der Waals surface area contributed by atoms with Crippen molar-refractivity contribution in [2.45, 2.75) is 44.6 Å². The average Bonchev–Trinajstić information content (AvgIpc) is 2.50. The van der Waals surface area contributed by atoms with E-state index < -0.39 is 10.0 Å². The van der Waals surface area contributed by atoms with Crippen LogP contribution in [-0.4, -0.2) is 37.8 Å². The van der Waals surface area contributed by atoms with Gasteiger partial charge in [0.05, 0.1) is 4.90 Å². The smallest absolute Gasteiger partial charge is 0.243 e. The van der Waals surface area contributed by atoms with E-state index in [-0.39, 0.29) is 34.7 Å². The number of halogens is 1. The van der Waals surface area contributed by atoms with Crippen molar-refractivity contribution in [3.05, 3.63) is 24.3 Å². The van der Waals surface area contributed by atoms with Crippen molar-refractivity contribution in [3.63, 3.8) is 0 Å². The Labute approximate surface area is 150 Å². The van der Waals surface area contributed by atoms with E-state index in [1.807, 2.05) is 13.8 Å². The molecule has 0 aliphatic carbocycles. The summed E-state index contributed by atoms with van der Waals surface area (Å²) in [4.78, 5) is 11.6. The topological polar surface area (TPSA) is 92.5 Å². The molecule has 0 aromatic heterocycles. The Morgan fingerprint density at radius 3 is 2.42 bits per heavy atom. The Morgan fingerprint density at radius 1 is 1.33 bits per heavy atom. The minimum atomic E-state index is -3.54. The van der Waals surface area contributed by atoms with Gasteiger partial charge in [-0.2, -0.15) is 4.31 Å². The first kappa shape index (κ1) is 20.9. The SMILES string of the molecule is CCC(=O)Nc1ccc(S(=O)(=O)N2CCC(N)C(C)(C)C2)cc1.Cl. The van der Waals surface area contributed by atoms with Crippen LogP contribution in [0.2, 0.25) is 0 Å². The average molecular weight is 376 g/mol. The maximum Gasteiger partial charge on any atom is 0.243 e. The number of hydrogen-bond donors (Lipinski definition) is 2. The Kier molecular flexibility index (Phi) is 6.81. The number of carbonyl (C=O) groups is 1. The number of anilines is 1. The van der Waals surface area contributed by atoms with Gasteiger partial charge in [0.2, 0.25) is 15.9 Å². The first-order chi connectivity index (χ1) is 10.7. The molecule has 1 atom stereocenters. The molecule has 1 saturated heterocycles. The standard InChI is InChI=1S/C16H25N3O3S.ClH/c1-4-15(20)18-12-5-7-13(8-6-12)23(21,22)19-10-9-14(17)16(2,3)11-19;/h5-8,14H,4,9-11,17H2,1-3H3,(H,18,20);1H. The normalized spacial score (nSPS) is 20.9. The van der Waals surface area contributed by atoms with Crippen LogP contribution < -0.4 is 11.1 Å². The number of nitrogens with zero attached hydrogens (tertiary/aromatic N) is 1. The molecule has 3 N–H and O–H groups in total. The van der Waals surface area contributed by atoms with Crippen LogP contribution in [0.4, 0.5) is 5.69 Å². The summed E-state index contributed by atoms with van der Waals surface area (Å²) in [7, 11) is -3.54. The number of piperidine rings is 1. The van der Waals surface area contributed by atoms with Crippen molar-refractivity contribution >= 4 is 34.0 Å². The second-order valence-electron chi connectivity index (χ2n) is 6.65. The summed E-state index contributed by atoms with van der Waals surface area (Å²) >= 11 is 0. The Bertz CT molecular complexity index is 674. The van der Waals surface area contributed by atoms with Crippen molar-refractivity contribution < 1.29 is 13.2 Å². The van der Waals surface area contributed by atoms with E-state index in [1.54, 1.807) is 19.1 Å². The minimum Gasteiger partial charge on any atom is -0.327 e. The molecular weight excluding hydrogens is 350 g/mol. The highest BCUT2D eigenvalue weighted by Gasteiger charge is 2.38. The fourth-order valence-electron chi connectivity index (χ4n) is 2.64. The lowest BCUT2D eigenvalue weighted by molar-refractivity contribution is -0.115. The summed E-state index contributed by atoms with van der Waals surface area (Å²) in [5.74, 6) is -0.104. The molecule has 1 aromatic rings. The summed E-state index contributed by atoms with van der Waals surface area (Å²) in [5, 5.41) is 2.70. The van der Waals surface area contributed by atoms with Crippen molar-refractivity contribution in [3.8, 4) is 0 Å². The van der Waals surface area contributed by atoms with E-state index in [9.17, 15) is 13.2 Å². The van der Waals surface area contributed by atoms with Gasteiger partial charge in [-0.15, -0.1) is 12.4 Å². The fraction of sp³-hybridized carbons (Fsp3) is 0.562. The van der Waals surface area contributed by atoms with E-state index in [0.29, 0.717) is 31.6 Å². The third-order valence-electron chi connectivity index (χ3n) is 4.37. The van der Waals surface area contributed by atoms with Crippen LogP contribution in [0.15, 0.2) is 29.2 Å². The number of nitrogens with two attached hydrogens (primary N) is 1. The maximum absolute atomic E-state index is 12.8. The van der Waals surface area contributed by atoms with E-state index in [2.05, 4.69) is 5.32 Å². The van der Waals surface area contributed by atoms with Gasteiger partial charge < -0.3 is 11.1 Å². The molecule has 1 aliphatic heterocycles. The van der Waals surface area contributed by atoms with E-state index in [4.69, 9.17) is 5.73 Å². The van der Waals surface area contributed by atoms with Gasteiger partial charge in [0.15, 0.2) is 0 Å². The predicted octanol–water partition coefficient (Wildman–Crippen LogP) is 2.20. The number of hydrogen-bond acceptors (Lipinski definition) is 4. The van der Waals surface area contributed by atoms with Crippen LogP contribution in [0.1, 0.15) is 33.6 Å². The second kappa shape index (κ2) is 7.82. The van der Waals surface area contributed by atoms with Gasteiger partial charge in [-0.05, 0) is 36.1 Å². The molecule has 1 amide bonds. The number of sulfonamides is 1. The molecule has 8 heteroatoms. The van der Waals surface area contributed by atoms with Crippen molar-refractivity contribution in [2.75, 3.05) is 18.4 Å². The van der Waals surface area contributed by atoms with Crippen LogP contribution in [0.5, 0.6) is 0 Å². The van der Waals surface area contributed by atoms with Crippen molar-refractivity contribution in [1.29, 1.82) is 0 Å². The zero-order chi connectivity index (χ0) is 17.3. The lowest BCUT2D eigenvalue weighted by atomic mass is 9.81. The van der Waals surface area contributed by atoms with Crippen molar-refractivity contribution in [2.24, 2.45) is 11.1 Å². The van der Waals surface area contributed by atoms with E-state index in [1.165, 1.54) is 16.4 Å². The zero-order valence-corrected chi connectivity index (χ0v) is 15.9. The first-order valence-electron chi connectivity index (χ1n) is 7.82. The van der Waals surface area contributed by atoms with Gasteiger partial charge in [0, 0.05) is 31.2 Å². The van der Waals surface area contributed by atoms with E-state index >= 15 is 0 Å². The van der Waals surface area contributed by atoms with Gasteiger partial charge >= 0.3 is 0 Å². The predicted molar refractivity (Wildman–Crippen MR) is 97.7 cm³/mol. The van der Waals surface area contributed by atoms with Crippen LogP contribution in [0, 0.1) is 5.41 Å². The van der Waals surface area contributed by atoms with Gasteiger partial charge in [0.25, 0.3) is 0 Å². The molecule has 0 spiro atoms.